The standard InChI is InChI=1S/C21H20N2.HI/c1-23(13-11-18-7-4-5-12-22-18)19-9-10-21-17(15-19)14-16-6-2-3-8-20(16)21;/h2-10,12,15H,11,13-14H2,1H3;1H. The van der Waals surface area contributed by atoms with Crippen molar-refractivity contribution < 1.29 is 0 Å². The summed E-state index contributed by atoms with van der Waals surface area (Å²) in [5.74, 6) is 0. The van der Waals surface area contributed by atoms with Crippen LogP contribution in [-0.4, -0.2) is 18.6 Å². The number of pyridine rings is 1. The molecule has 2 nitrogen and oxygen atoms in total. The van der Waals surface area contributed by atoms with E-state index in [1.807, 2.05) is 12.3 Å². The van der Waals surface area contributed by atoms with E-state index in [0.29, 0.717) is 0 Å². The second kappa shape index (κ2) is 7.34. The fourth-order valence-corrected chi connectivity index (χ4v) is 3.33. The van der Waals surface area contributed by atoms with Gasteiger partial charge < -0.3 is 4.90 Å². The number of aromatic nitrogens is 1. The maximum Gasteiger partial charge on any atom is 0.0421 e. The van der Waals surface area contributed by atoms with E-state index >= 15 is 0 Å². The molecule has 1 aromatic heterocycles. The molecule has 0 aliphatic heterocycles. The van der Waals surface area contributed by atoms with Gasteiger partial charge in [0.15, 0.2) is 0 Å². The molecule has 122 valence electrons. The molecule has 0 bridgehead atoms. The van der Waals surface area contributed by atoms with Crippen LogP contribution in [0.1, 0.15) is 16.8 Å². The van der Waals surface area contributed by atoms with Gasteiger partial charge in [-0.15, -0.1) is 24.0 Å². The first kappa shape index (κ1) is 17.0. The van der Waals surface area contributed by atoms with Gasteiger partial charge in [0.25, 0.3) is 0 Å². The number of nitrogens with zero attached hydrogens (tertiary/aromatic N) is 2. The van der Waals surface area contributed by atoms with Crippen molar-refractivity contribution in [2.45, 2.75) is 12.8 Å². The average Bonchev–Trinajstić information content (AvgIpc) is 2.98. The van der Waals surface area contributed by atoms with Crippen molar-refractivity contribution in [3.05, 3.63) is 83.7 Å². The van der Waals surface area contributed by atoms with E-state index in [2.05, 4.69) is 71.5 Å². The third-order valence-corrected chi connectivity index (χ3v) is 4.65. The highest BCUT2D eigenvalue weighted by molar-refractivity contribution is 14.0. The summed E-state index contributed by atoms with van der Waals surface area (Å²) in [6.45, 7) is 0.975. The zero-order valence-electron chi connectivity index (χ0n) is 13.8. The molecule has 0 unspecified atom stereocenters. The topological polar surface area (TPSA) is 16.1 Å². The molecule has 4 rings (SSSR count). The summed E-state index contributed by atoms with van der Waals surface area (Å²) in [4.78, 5) is 6.72. The Kier molecular flexibility index (Phi) is 5.19. The van der Waals surface area contributed by atoms with E-state index < -0.39 is 0 Å². The third-order valence-electron chi connectivity index (χ3n) is 4.65. The van der Waals surface area contributed by atoms with Gasteiger partial charge in [0.05, 0.1) is 0 Å². The lowest BCUT2D eigenvalue weighted by atomic mass is 10.1. The Morgan fingerprint density at radius 3 is 2.54 bits per heavy atom. The number of likely N-dealkylation sites (N-methyl/N-ethyl adjacent to an activating group) is 1. The summed E-state index contributed by atoms with van der Waals surface area (Å²) in [5.41, 5.74) is 8.09. The first-order valence-electron chi connectivity index (χ1n) is 8.13. The molecule has 1 aliphatic rings. The fraction of sp³-hybridized carbons (Fsp3) is 0.190. The minimum Gasteiger partial charge on any atom is -0.374 e. The number of rotatable bonds is 4. The van der Waals surface area contributed by atoms with Gasteiger partial charge in [0.1, 0.15) is 0 Å². The SMILES string of the molecule is CN(CCc1ccccn1)c1ccc2c(c1)Cc1ccccc1-2.I. The van der Waals surface area contributed by atoms with Crippen molar-refractivity contribution in [3.8, 4) is 11.1 Å². The summed E-state index contributed by atoms with van der Waals surface area (Å²) in [5, 5.41) is 0. The minimum absolute atomic E-state index is 0. The Bertz CT molecular complexity index is 830. The van der Waals surface area contributed by atoms with Crippen molar-refractivity contribution >= 4 is 29.7 Å². The van der Waals surface area contributed by atoms with E-state index in [4.69, 9.17) is 0 Å². The molecule has 0 saturated carbocycles. The monoisotopic (exact) mass is 428 g/mol. The first-order chi connectivity index (χ1) is 11.3. The van der Waals surface area contributed by atoms with Crippen LogP contribution in [-0.2, 0) is 12.8 Å². The van der Waals surface area contributed by atoms with Crippen LogP contribution in [0.4, 0.5) is 5.69 Å². The van der Waals surface area contributed by atoms with Gasteiger partial charge in [-0.1, -0.05) is 36.4 Å². The van der Waals surface area contributed by atoms with Gasteiger partial charge in [0, 0.05) is 37.6 Å². The number of benzene rings is 2. The number of hydrogen-bond acceptors (Lipinski definition) is 2. The van der Waals surface area contributed by atoms with Gasteiger partial charge in [0.2, 0.25) is 0 Å². The Hall–Kier alpha value is -1.88. The summed E-state index contributed by atoms with van der Waals surface area (Å²) in [6.07, 6.45) is 3.88. The van der Waals surface area contributed by atoms with Gasteiger partial charge in [-0.05, 0) is 52.9 Å². The summed E-state index contributed by atoms with van der Waals surface area (Å²) >= 11 is 0. The largest absolute Gasteiger partial charge is 0.374 e. The van der Waals surface area contributed by atoms with Gasteiger partial charge >= 0.3 is 0 Å². The fourth-order valence-electron chi connectivity index (χ4n) is 3.33. The maximum atomic E-state index is 4.40. The lowest BCUT2D eigenvalue weighted by Crippen LogP contribution is -2.20. The van der Waals surface area contributed by atoms with Crippen molar-refractivity contribution in [2.24, 2.45) is 0 Å². The van der Waals surface area contributed by atoms with E-state index in [9.17, 15) is 0 Å². The van der Waals surface area contributed by atoms with Crippen LogP contribution in [0.25, 0.3) is 11.1 Å². The maximum absolute atomic E-state index is 4.40. The van der Waals surface area contributed by atoms with Crippen LogP contribution in [0.5, 0.6) is 0 Å². The van der Waals surface area contributed by atoms with E-state index in [0.717, 1.165) is 25.1 Å². The molecule has 1 heterocycles. The molecule has 0 saturated heterocycles. The molecule has 0 fully saturated rings. The van der Waals surface area contributed by atoms with Crippen molar-refractivity contribution in [3.63, 3.8) is 0 Å². The predicted molar refractivity (Wildman–Crippen MR) is 111 cm³/mol. The Morgan fingerprint density at radius 2 is 1.71 bits per heavy atom. The van der Waals surface area contributed by atoms with Gasteiger partial charge in [-0.25, -0.2) is 0 Å². The lowest BCUT2D eigenvalue weighted by molar-refractivity contribution is 0.852. The Balaban J connectivity index is 0.00000169. The zero-order chi connectivity index (χ0) is 15.6. The molecule has 0 spiro atoms. The molecular formula is C21H21IN2. The third kappa shape index (κ3) is 3.31. The number of fused-ring (bicyclic) bond motifs is 3. The normalized spacial score (nSPS) is 11.4. The van der Waals surface area contributed by atoms with Crippen molar-refractivity contribution in [1.82, 2.24) is 4.98 Å². The predicted octanol–water partition coefficient (Wildman–Crippen LogP) is 4.95. The summed E-state index contributed by atoms with van der Waals surface area (Å²) in [6, 6.07) is 21.7. The molecule has 0 N–H and O–H groups in total. The Labute approximate surface area is 160 Å². The van der Waals surface area contributed by atoms with Crippen LogP contribution < -0.4 is 4.90 Å². The number of halogens is 1. The lowest BCUT2D eigenvalue weighted by Gasteiger charge is -2.20. The summed E-state index contributed by atoms with van der Waals surface area (Å²) < 4.78 is 0. The molecule has 0 amide bonds. The van der Waals surface area contributed by atoms with E-state index in [1.165, 1.54) is 27.9 Å². The molecule has 2 aromatic carbocycles. The van der Waals surface area contributed by atoms with Gasteiger partial charge in [-0.2, -0.15) is 0 Å². The highest BCUT2D eigenvalue weighted by atomic mass is 127. The molecule has 0 radical (unpaired) electrons. The van der Waals surface area contributed by atoms with Crippen LogP contribution in [0.15, 0.2) is 66.9 Å². The van der Waals surface area contributed by atoms with E-state index in [-0.39, 0.29) is 24.0 Å². The summed E-state index contributed by atoms with van der Waals surface area (Å²) in [7, 11) is 2.16. The zero-order valence-corrected chi connectivity index (χ0v) is 16.1. The van der Waals surface area contributed by atoms with E-state index in [1.54, 1.807) is 0 Å². The first-order valence-corrected chi connectivity index (χ1v) is 8.13. The van der Waals surface area contributed by atoms with Crippen molar-refractivity contribution in [1.29, 1.82) is 0 Å². The minimum atomic E-state index is 0. The number of anilines is 1. The molecular weight excluding hydrogens is 407 g/mol. The second-order valence-corrected chi connectivity index (χ2v) is 6.17. The highest BCUT2D eigenvalue weighted by Gasteiger charge is 2.18. The molecule has 3 aromatic rings. The van der Waals surface area contributed by atoms with Crippen LogP contribution >= 0.6 is 24.0 Å². The smallest absolute Gasteiger partial charge is 0.0421 e. The molecule has 3 heteroatoms. The number of hydrogen-bond donors (Lipinski definition) is 0. The Morgan fingerprint density at radius 1 is 0.917 bits per heavy atom. The second-order valence-electron chi connectivity index (χ2n) is 6.17. The molecule has 24 heavy (non-hydrogen) atoms. The molecule has 1 aliphatic carbocycles. The molecule has 0 atom stereocenters. The van der Waals surface area contributed by atoms with Crippen molar-refractivity contribution in [2.75, 3.05) is 18.5 Å². The highest BCUT2D eigenvalue weighted by Crippen LogP contribution is 2.38. The average molecular weight is 428 g/mol. The van der Waals surface area contributed by atoms with Crippen LogP contribution in [0, 0.1) is 0 Å². The quantitative estimate of drug-likeness (QED) is 0.428. The van der Waals surface area contributed by atoms with Crippen LogP contribution in [0.3, 0.4) is 0 Å². The van der Waals surface area contributed by atoms with Gasteiger partial charge in [-0.3, -0.25) is 4.98 Å². The van der Waals surface area contributed by atoms with Crippen LogP contribution in [0.2, 0.25) is 0 Å².